The molecule has 0 aliphatic carbocycles. The summed E-state index contributed by atoms with van der Waals surface area (Å²) in [7, 11) is 0. The third kappa shape index (κ3) is 6.33. The highest BCUT2D eigenvalue weighted by Gasteiger charge is 2.20. The molecule has 3 nitrogen and oxygen atoms in total. The molecule has 0 radical (unpaired) electrons. The maximum absolute atomic E-state index is 13.3. The molecule has 0 aliphatic rings. The van der Waals surface area contributed by atoms with E-state index in [0.717, 1.165) is 24.2 Å². The van der Waals surface area contributed by atoms with Gasteiger partial charge in [0.1, 0.15) is 0 Å². The van der Waals surface area contributed by atoms with Crippen LogP contribution in [0.15, 0.2) is 66.9 Å². The number of carbonyl (C=O) groups excluding carboxylic acids is 1. The molecule has 0 saturated heterocycles. The Balaban J connectivity index is 1.72. The zero-order valence-corrected chi connectivity index (χ0v) is 19.5. The van der Waals surface area contributed by atoms with Crippen LogP contribution in [0.4, 0.5) is 0 Å². The first-order valence-electron chi connectivity index (χ1n) is 11.6. The van der Waals surface area contributed by atoms with E-state index in [1.54, 1.807) is 0 Å². The average molecular weight is 417 g/mol. The Morgan fingerprint density at radius 3 is 2.42 bits per heavy atom. The fourth-order valence-corrected chi connectivity index (χ4v) is 3.98. The highest BCUT2D eigenvalue weighted by Crippen LogP contribution is 2.17. The predicted octanol–water partition coefficient (Wildman–Crippen LogP) is 6.63. The topological polar surface area (TPSA) is 25.2 Å². The SMILES string of the molecule is CCCCCc1ccc(C(=O)N(Cc2cccn2Cc2cccc(C)c2)C(C)C)cc1. The van der Waals surface area contributed by atoms with E-state index in [9.17, 15) is 4.79 Å². The standard InChI is InChI=1S/C28H36N2O/c1-5-6-7-11-24-14-16-26(17-15-24)28(31)30(22(2)3)21-27-13-9-18-29(27)20-25-12-8-10-23(4)19-25/h8-10,12-19,22H,5-7,11,20-21H2,1-4H3. The number of aromatic nitrogens is 1. The number of hydrogen-bond acceptors (Lipinski definition) is 1. The third-order valence-electron chi connectivity index (χ3n) is 5.85. The molecule has 3 rings (SSSR count). The number of aryl methyl sites for hydroxylation is 2. The van der Waals surface area contributed by atoms with Crippen molar-refractivity contribution in [3.63, 3.8) is 0 Å². The van der Waals surface area contributed by atoms with Gasteiger partial charge >= 0.3 is 0 Å². The molecule has 3 heteroatoms. The number of unbranched alkanes of at least 4 members (excludes halogenated alkanes) is 2. The fraction of sp³-hybridized carbons (Fsp3) is 0.393. The first kappa shape index (κ1) is 22.9. The van der Waals surface area contributed by atoms with Crippen LogP contribution in [-0.4, -0.2) is 21.4 Å². The van der Waals surface area contributed by atoms with Crippen LogP contribution in [0.2, 0.25) is 0 Å². The summed E-state index contributed by atoms with van der Waals surface area (Å²) >= 11 is 0. The molecule has 1 heterocycles. The maximum Gasteiger partial charge on any atom is 0.254 e. The van der Waals surface area contributed by atoms with Gasteiger partial charge in [0.25, 0.3) is 5.91 Å². The minimum Gasteiger partial charge on any atom is -0.345 e. The molecule has 0 aliphatic heterocycles. The molecular formula is C28H36N2O. The molecule has 0 fully saturated rings. The van der Waals surface area contributed by atoms with Crippen LogP contribution in [0, 0.1) is 6.92 Å². The van der Waals surface area contributed by atoms with Gasteiger partial charge in [0, 0.05) is 30.0 Å². The summed E-state index contributed by atoms with van der Waals surface area (Å²) in [6.45, 7) is 9.94. The Morgan fingerprint density at radius 2 is 1.74 bits per heavy atom. The summed E-state index contributed by atoms with van der Waals surface area (Å²) in [4.78, 5) is 15.3. The lowest BCUT2D eigenvalue weighted by molar-refractivity contribution is 0.0686. The second kappa shape index (κ2) is 11.0. The van der Waals surface area contributed by atoms with Gasteiger partial charge in [-0.1, -0.05) is 61.7 Å². The number of rotatable bonds is 10. The van der Waals surface area contributed by atoms with Gasteiger partial charge in [-0.25, -0.2) is 0 Å². The van der Waals surface area contributed by atoms with E-state index < -0.39 is 0 Å². The van der Waals surface area contributed by atoms with E-state index >= 15 is 0 Å². The summed E-state index contributed by atoms with van der Waals surface area (Å²) in [5, 5.41) is 0. The van der Waals surface area contributed by atoms with E-state index in [2.05, 4.69) is 87.0 Å². The van der Waals surface area contributed by atoms with Crippen molar-refractivity contribution in [3.8, 4) is 0 Å². The molecule has 1 aromatic heterocycles. The van der Waals surface area contributed by atoms with Crippen molar-refractivity contribution in [2.24, 2.45) is 0 Å². The zero-order valence-electron chi connectivity index (χ0n) is 19.5. The van der Waals surface area contributed by atoms with E-state index in [1.165, 1.54) is 36.0 Å². The largest absolute Gasteiger partial charge is 0.345 e. The number of nitrogens with zero attached hydrogens (tertiary/aromatic N) is 2. The van der Waals surface area contributed by atoms with Gasteiger partial charge in [-0.15, -0.1) is 0 Å². The van der Waals surface area contributed by atoms with E-state index in [4.69, 9.17) is 0 Å². The molecule has 0 bridgehead atoms. The minimum atomic E-state index is 0.0958. The van der Waals surface area contributed by atoms with Crippen LogP contribution in [0.25, 0.3) is 0 Å². The first-order valence-corrected chi connectivity index (χ1v) is 11.6. The Labute approximate surface area is 187 Å². The Bertz CT molecular complexity index is 969. The molecule has 0 N–H and O–H groups in total. The van der Waals surface area contributed by atoms with Crippen LogP contribution in [0.5, 0.6) is 0 Å². The molecule has 0 saturated carbocycles. The average Bonchev–Trinajstić information content (AvgIpc) is 3.18. The maximum atomic E-state index is 13.3. The fourth-order valence-electron chi connectivity index (χ4n) is 3.98. The Hall–Kier alpha value is -2.81. The Morgan fingerprint density at radius 1 is 0.968 bits per heavy atom. The quantitative estimate of drug-likeness (QED) is 0.341. The summed E-state index contributed by atoms with van der Waals surface area (Å²) in [6, 6.07) is 21.1. The van der Waals surface area contributed by atoms with Crippen molar-refractivity contribution in [2.75, 3.05) is 0 Å². The number of hydrogen-bond donors (Lipinski definition) is 0. The molecule has 3 aromatic rings. The molecule has 0 unspecified atom stereocenters. The first-order chi connectivity index (χ1) is 15.0. The molecular weight excluding hydrogens is 380 g/mol. The number of amides is 1. The second-order valence-electron chi connectivity index (χ2n) is 8.80. The van der Waals surface area contributed by atoms with E-state index in [-0.39, 0.29) is 11.9 Å². The molecule has 31 heavy (non-hydrogen) atoms. The summed E-state index contributed by atoms with van der Waals surface area (Å²) in [5.74, 6) is 0.0958. The lowest BCUT2D eigenvalue weighted by Gasteiger charge is -2.27. The lowest BCUT2D eigenvalue weighted by atomic mass is 10.0. The monoisotopic (exact) mass is 416 g/mol. The van der Waals surface area contributed by atoms with Crippen LogP contribution in [0.3, 0.4) is 0 Å². The van der Waals surface area contributed by atoms with Gasteiger partial charge in [0.2, 0.25) is 0 Å². The second-order valence-corrected chi connectivity index (χ2v) is 8.80. The highest BCUT2D eigenvalue weighted by atomic mass is 16.2. The normalized spacial score (nSPS) is 11.1. The van der Waals surface area contributed by atoms with Gasteiger partial charge in [0.05, 0.1) is 6.54 Å². The van der Waals surface area contributed by atoms with Crippen molar-refractivity contribution in [3.05, 3.63) is 94.8 Å². The van der Waals surface area contributed by atoms with Gasteiger partial charge in [0.15, 0.2) is 0 Å². The van der Waals surface area contributed by atoms with E-state index in [1.807, 2.05) is 17.0 Å². The number of benzene rings is 2. The van der Waals surface area contributed by atoms with Crippen LogP contribution >= 0.6 is 0 Å². The van der Waals surface area contributed by atoms with Crippen molar-refractivity contribution in [1.29, 1.82) is 0 Å². The van der Waals surface area contributed by atoms with Crippen molar-refractivity contribution in [1.82, 2.24) is 9.47 Å². The van der Waals surface area contributed by atoms with Gasteiger partial charge < -0.3 is 9.47 Å². The van der Waals surface area contributed by atoms with Crippen molar-refractivity contribution < 1.29 is 4.79 Å². The molecule has 1 amide bonds. The van der Waals surface area contributed by atoms with Crippen LogP contribution < -0.4 is 0 Å². The molecule has 0 spiro atoms. The lowest BCUT2D eigenvalue weighted by Crippen LogP contribution is -2.37. The van der Waals surface area contributed by atoms with Crippen LogP contribution in [0.1, 0.15) is 72.8 Å². The van der Waals surface area contributed by atoms with E-state index in [0.29, 0.717) is 6.54 Å². The highest BCUT2D eigenvalue weighted by molar-refractivity contribution is 5.94. The van der Waals surface area contributed by atoms with Gasteiger partial charge in [-0.05, 0) is 69.0 Å². The molecule has 2 aromatic carbocycles. The zero-order chi connectivity index (χ0) is 22.2. The van der Waals surface area contributed by atoms with Gasteiger partial charge in [-0.2, -0.15) is 0 Å². The third-order valence-corrected chi connectivity index (χ3v) is 5.85. The number of carbonyl (C=O) groups is 1. The van der Waals surface area contributed by atoms with Crippen molar-refractivity contribution in [2.45, 2.75) is 72.5 Å². The Kier molecular flexibility index (Phi) is 8.11. The molecule has 164 valence electrons. The molecule has 0 atom stereocenters. The summed E-state index contributed by atoms with van der Waals surface area (Å²) < 4.78 is 2.24. The predicted molar refractivity (Wildman–Crippen MR) is 129 cm³/mol. The summed E-state index contributed by atoms with van der Waals surface area (Å²) in [5.41, 5.74) is 5.78. The van der Waals surface area contributed by atoms with Gasteiger partial charge in [-0.3, -0.25) is 4.79 Å². The van der Waals surface area contributed by atoms with Crippen molar-refractivity contribution >= 4 is 5.91 Å². The minimum absolute atomic E-state index is 0.0958. The summed E-state index contributed by atoms with van der Waals surface area (Å²) in [6.07, 6.45) is 6.88. The smallest absolute Gasteiger partial charge is 0.254 e. The van der Waals surface area contributed by atoms with Crippen LogP contribution in [-0.2, 0) is 19.5 Å².